The topological polar surface area (TPSA) is 35.5 Å². The maximum atomic E-state index is 10.7. The highest BCUT2D eigenvalue weighted by molar-refractivity contribution is 5.76. The number of benzene rings is 1. The zero-order chi connectivity index (χ0) is 11.6. The van der Waals surface area contributed by atoms with Crippen molar-refractivity contribution in [2.24, 2.45) is 5.41 Å². The molecule has 1 fully saturated rings. The van der Waals surface area contributed by atoms with E-state index in [2.05, 4.69) is 6.92 Å². The molecule has 0 atom stereocenters. The Labute approximate surface area is 95.4 Å². The van der Waals surface area contributed by atoms with E-state index in [0.29, 0.717) is 29.1 Å². The number of aldehydes is 1. The van der Waals surface area contributed by atoms with E-state index in [1.807, 2.05) is 0 Å². The smallest absolute Gasteiger partial charge is 0.161 e. The monoisotopic (exact) mass is 220 g/mol. The molecule has 2 rings (SSSR count). The third-order valence-corrected chi connectivity index (χ3v) is 3.00. The number of hydrogen-bond acceptors (Lipinski definition) is 3. The van der Waals surface area contributed by atoms with Gasteiger partial charge in [-0.3, -0.25) is 4.79 Å². The first-order valence-corrected chi connectivity index (χ1v) is 5.43. The predicted molar refractivity (Wildman–Crippen MR) is 61.2 cm³/mol. The van der Waals surface area contributed by atoms with Crippen molar-refractivity contribution in [3.8, 4) is 11.5 Å². The molecule has 0 amide bonds. The number of methoxy groups -OCH3 is 1. The van der Waals surface area contributed by atoms with Crippen LogP contribution in [0, 0.1) is 5.41 Å². The lowest BCUT2D eigenvalue weighted by Crippen LogP contribution is -2.09. The number of hydrogen-bond donors (Lipinski definition) is 0. The third-order valence-electron chi connectivity index (χ3n) is 3.00. The van der Waals surface area contributed by atoms with E-state index in [-0.39, 0.29) is 0 Å². The van der Waals surface area contributed by atoms with Gasteiger partial charge in [0.05, 0.1) is 13.7 Å². The van der Waals surface area contributed by atoms with Gasteiger partial charge < -0.3 is 9.47 Å². The Hall–Kier alpha value is -1.51. The maximum absolute atomic E-state index is 10.7. The minimum Gasteiger partial charge on any atom is -0.493 e. The zero-order valence-electron chi connectivity index (χ0n) is 9.66. The van der Waals surface area contributed by atoms with E-state index in [9.17, 15) is 4.79 Å². The van der Waals surface area contributed by atoms with Crippen molar-refractivity contribution in [3.63, 3.8) is 0 Å². The molecular weight excluding hydrogens is 204 g/mol. The van der Waals surface area contributed by atoms with E-state index in [0.717, 1.165) is 6.29 Å². The molecule has 1 aromatic carbocycles. The molecule has 86 valence electrons. The van der Waals surface area contributed by atoms with Crippen molar-refractivity contribution in [2.75, 3.05) is 13.7 Å². The van der Waals surface area contributed by atoms with E-state index in [1.54, 1.807) is 25.3 Å². The Bertz CT molecular complexity index is 394. The quantitative estimate of drug-likeness (QED) is 0.716. The largest absolute Gasteiger partial charge is 0.493 e. The lowest BCUT2D eigenvalue weighted by molar-refractivity contribution is 0.112. The van der Waals surface area contributed by atoms with Crippen molar-refractivity contribution in [1.29, 1.82) is 0 Å². The van der Waals surface area contributed by atoms with E-state index >= 15 is 0 Å². The van der Waals surface area contributed by atoms with Crippen LogP contribution in [-0.2, 0) is 0 Å². The van der Waals surface area contributed by atoms with Gasteiger partial charge in [0, 0.05) is 11.0 Å². The van der Waals surface area contributed by atoms with Gasteiger partial charge in [-0.25, -0.2) is 0 Å². The lowest BCUT2D eigenvalue weighted by Gasteiger charge is -2.14. The van der Waals surface area contributed by atoms with Crippen molar-refractivity contribution in [2.45, 2.75) is 19.8 Å². The van der Waals surface area contributed by atoms with Crippen LogP contribution < -0.4 is 9.47 Å². The standard InChI is InChI=1S/C13H16O3/c1-13(5-6-13)9-16-12-7-10(8-14)3-4-11(12)15-2/h3-4,7-8H,5-6,9H2,1-2H3. The van der Waals surface area contributed by atoms with Gasteiger partial charge in [-0.15, -0.1) is 0 Å². The van der Waals surface area contributed by atoms with Crippen LogP contribution in [0.1, 0.15) is 30.1 Å². The molecule has 0 aliphatic heterocycles. The number of carbonyl (C=O) groups is 1. The van der Waals surface area contributed by atoms with Crippen LogP contribution in [0.5, 0.6) is 11.5 Å². The molecule has 16 heavy (non-hydrogen) atoms. The molecule has 1 aliphatic rings. The molecule has 0 N–H and O–H groups in total. The summed E-state index contributed by atoms with van der Waals surface area (Å²) in [6, 6.07) is 5.20. The zero-order valence-corrected chi connectivity index (χ0v) is 9.66. The van der Waals surface area contributed by atoms with Crippen molar-refractivity contribution in [3.05, 3.63) is 23.8 Å². The van der Waals surface area contributed by atoms with Crippen LogP contribution in [0.15, 0.2) is 18.2 Å². The molecule has 0 saturated heterocycles. The summed E-state index contributed by atoms with van der Waals surface area (Å²) in [5, 5.41) is 0. The molecule has 0 bridgehead atoms. The molecule has 1 saturated carbocycles. The highest BCUT2D eigenvalue weighted by atomic mass is 16.5. The summed E-state index contributed by atoms with van der Waals surface area (Å²) in [7, 11) is 1.60. The normalized spacial score (nSPS) is 16.6. The van der Waals surface area contributed by atoms with Crippen LogP contribution in [0.4, 0.5) is 0 Å². The molecule has 1 aliphatic carbocycles. The van der Waals surface area contributed by atoms with Gasteiger partial charge >= 0.3 is 0 Å². The van der Waals surface area contributed by atoms with Crippen LogP contribution >= 0.6 is 0 Å². The van der Waals surface area contributed by atoms with Crippen molar-refractivity contribution >= 4 is 6.29 Å². The average molecular weight is 220 g/mol. The second-order valence-electron chi connectivity index (χ2n) is 4.63. The first-order chi connectivity index (χ1) is 7.67. The summed E-state index contributed by atoms with van der Waals surface area (Å²) in [4.78, 5) is 10.7. The molecule has 0 unspecified atom stereocenters. The average Bonchev–Trinajstić information content (AvgIpc) is 3.05. The van der Waals surface area contributed by atoms with Crippen LogP contribution in [-0.4, -0.2) is 20.0 Å². The summed E-state index contributed by atoms with van der Waals surface area (Å²) in [5.74, 6) is 1.33. The van der Waals surface area contributed by atoms with Crippen LogP contribution in [0.2, 0.25) is 0 Å². The lowest BCUT2D eigenvalue weighted by atomic mass is 10.1. The molecule has 0 heterocycles. The second-order valence-corrected chi connectivity index (χ2v) is 4.63. The van der Waals surface area contributed by atoms with Crippen LogP contribution in [0.3, 0.4) is 0 Å². The number of ether oxygens (including phenoxy) is 2. The first kappa shape index (κ1) is 11.0. The highest BCUT2D eigenvalue weighted by Gasteiger charge is 2.38. The fourth-order valence-electron chi connectivity index (χ4n) is 1.49. The van der Waals surface area contributed by atoms with E-state index in [1.165, 1.54) is 12.8 Å². The third kappa shape index (κ3) is 2.35. The molecule has 0 radical (unpaired) electrons. The summed E-state index contributed by atoms with van der Waals surface area (Å²) < 4.78 is 10.9. The van der Waals surface area contributed by atoms with Crippen LogP contribution in [0.25, 0.3) is 0 Å². The second kappa shape index (κ2) is 4.16. The number of carbonyl (C=O) groups excluding carboxylic acids is 1. The van der Waals surface area contributed by atoms with E-state index in [4.69, 9.17) is 9.47 Å². The molecule has 3 nitrogen and oxygen atoms in total. The Morgan fingerprint density at radius 2 is 2.12 bits per heavy atom. The Morgan fingerprint density at radius 3 is 2.69 bits per heavy atom. The van der Waals surface area contributed by atoms with Gasteiger partial charge in [0.2, 0.25) is 0 Å². The molecule has 0 aromatic heterocycles. The van der Waals surface area contributed by atoms with Crippen molar-refractivity contribution in [1.82, 2.24) is 0 Å². The van der Waals surface area contributed by atoms with Gasteiger partial charge in [-0.1, -0.05) is 6.92 Å². The summed E-state index contributed by atoms with van der Waals surface area (Å²) in [6.07, 6.45) is 3.23. The minimum absolute atomic E-state index is 0.322. The predicted octanol–water partition coefficient (Wildman–Crippen LogP) is 2.69. The number of rotatable bonds is 5. The van der Waals surface area contributed by atoms with Gasteiger partial charge in [0.15, 0.2) is 11.5 Å². The van der Waals surface area contributed by atoms with E-state index < -0.39 is 0 Å². The highest BCUT2D eigenvalue weighted by Crippen LogP contribution is 2.45. The fraction of sp³-hybridized carbons (Fsp3) is 0.462. The first-order valence-electron chi connectivity index (χ1n) is 5.43. The summed E-state index contributed by atoms with van der Waals surface area (Å²) in [6.45, 7) is 2.88. The Kier molecular flexibility index (Phi) is 2.86. The maximum Gasteiger partial charge on any atom is 0.161 e. The molecule has 3 heteroatoms. The minimum atomic E-state index is 0.322. The molecule has 1 aromatic rings. The van der Waals surface area contributed by atoms with Gasteiger partial charge in [0.25, 0.3) is 0 Å². The Balaban J connectivity index is 2.12. The van der Waals surface area contributed by atoms with Crippen molar-refractivity contribution < 1.29 is 14.3 Å². The molecular formula is C13H16O3. The van der Waals surface area contributed by atoms with Gasteiger partial charge in [-0.2, -0.15) is 0 Å². The Morgan fingerprint density at radius 1 is 1.38 bits per heavy atom. The molecule has 0 spiro atoms. The summed E-state index contributed by atoms with van der Waals surface area (Å²) >= 11 is 0. The van der Waals surface area contributed by atoms with Gasteiger partial charge in [0.1, 0.15) is 6.29 Å². The summed E-state index contributed by atoms with van der Waals surface area (Å²) in [5.41, 5.74) is 0.930. The SMILES string of the molecule is COc1ccc(C=O)cc1OCC1(C)CC1. The fourth-order valence-corrected chi connectivity index (χ4v) is 1.49. The van der Waals surface area contributed by atoms with Gasteiger partial charge in [-0.05, 0) is 31.0 Å².